The Bertz CT molecular complexity index is 1270. The molecule has 4 rings (SSSR count). The normalized spacial score (nSPS) is 11.6. The molecule has 0 spiro atoms. The summed E-state index contributed by atoms with van der Waals surface area (Å²) >= 11 is 10.3. The number of aromatic hydroxyl groups is 2. The predicted molar refractivity (Wildman–Crippen MR) is 152 cm³/mol. The maximum absolute atomic E-state index is 9.53. The Labute approximate surface area is 237 Å². The van der Waals surface area contributed by atoms with Gasteiger partial charge in [-0.2, -0.15) is 20.4 Å². The van der Waals surface area contributed by atoms with E-state index >= 15 is 0 Å². The Morgan fingerprint density at radius 1 is 0.514 bits per heavy atom. The number of phenolic OH excluding ortho intramolecular Hbond substituents is 2. The molecule has 37 heavy (non-hydrogen) atoms. The number of benzene rings is 4. The number of para-hydroxylation sites is 2. The van der Waals surface area contributed by atoms with E-state index in [1.165, 1.54) is 12.4 Å². The number of nitrogens with zero attached hydrogens (tertiary/aromatic N) is 4. The van der Waals surface area contributed by atoms with Gasteiger partial charge in [0.15, 0.2) is 0 Å². The van der Waals surface area contributed by atoms with Crippen LogP contribution in [0, 0.1) is 0 Å². The van der Waals surface area contributed by atoms with Gasteiger partial charge < -0.3 is 35.5 Å². The van der Waals surface area contributed by atoms with Gasteiger partial charge in [0, 0.05) is 11.1 Å². The Hall–Kier alpha value is -3.89. The molecule has 1 radical (unpaired) electrons. The third-order valence-corrected chi connectivity index (χ3v) is 5.24. The largest absolute Gasteiger partial charge is 2.00 e. The van der Waals surface area contributed by atoms with Gasteiger partial charge in [-0.15, -0.1) is 0 Å². The molecule has 0 atom stereocenters. The van der Waals surface area contributed by atoms with E-state index in [2.05, 4.69) is 20.4 Å². The zero-order valence-electron chi connectivity index (χ0n) is 19.4. The number of hydrogen-bond acceptors (Lipinski definition) is 8. The molecule has 0 aliphatic rings. The van der Waals surface area contributed by atoms with Crippen LogP contribution in [0.3, 0.4) is 0 Å². The molecular weight excluding hydrogens is 547 g/mol. The third-order valence-electron chi connectivity index (χ3n) is 4.61. The second kappa shape index (κ2) is 16.0. The Morgan fingerprint density at radius 2 is 0.838 bits per heavy atom. The number of phenols is 2. The predicted octanol–water partition coefficient (Wildman–Crippen LogP) is 5.44. The first-order valence-electron chi connectivity index (χ1n) is 10.8. The molecule has 0 saturated heterocycles. The number of hydrogen-bond donors (Lipinski definition) is 2. The third kappa shape index (κ3) is 9.94. The summed E-state index contributed by atoms with van der Waals surface area (Å²) in [7, 11) is 0. The molecule has 2 N–H and O–H groups in total. The zero-order valence-corrected chi connectivity index (χ0v) is 22.1. The van der Waals surface area contributed by atoms with Gasteiger partial charge in [-0.05, 0) is 35.4 Å². The zero-order chi connectivity index (χ0) is 25.6. The van der Waals surface area contributed by atoms with Gasteiger partial charge in [0.2, 0.25) is 0 Å². The van der Waals surface area contributed by atoms with Crippen molar-refractivity contribution in [2.24, 2.45) is 20.4 Å². The molecule has 187 valence electrons. The van der Waals surface area contributed by atoms with Crippen molar-refractivity contribution in [2.45, 2.75) is 0 Å². The maximum Gasteiger partial charge on any atom is 2.00 e. The first-order valence-corrected chi connectivity index (χ1v) is 11.6. The van der Waals surface area contributed by atoms with Gasteiger partial charge in [0.25, 0.3) is 0 Å². The van der Waals surface area contributed by atoms with E-state index in [0.717, 1.165) is 11.1 Å². The molecule has 0 fully saturated rings. The van der Waals surface area contributed by atoms with Gasteiger partial charge in [-0.3, -0.25) is 0 Å². The van der Waals surface area contributed by atoms with E-state index in [1.807, 2.05) is 72.8 Å². The van der Waals surface area contributed by atoms with Gasteiger partial charge in [0.05, 0.1) is 12.4 Å². The van der Waals surface area contributed by atoms with Crippen molar-refractivity contribution in [1.29, 1.82) is 0 Å². The summed E-state index contributed by atoms with van der Waals surface area (Å²) in [5.74, 6) is 0.337. The van der Waals surface area contributed by atoms with Gasteiger partial charge in [-0.25, -0.2) is 0 Å². The molecule has 0 heterocycles. The molecule has 0 aliphatic carbocycles. The van der Waals surface area contributed by atoms with E-state index in [4.69, 9.17) is 25.3 Å². The van der Waals surface area contributed by atoms with Crippen molar-refractivity contribution in [1.82, 2.24) is 0 Å². The quantitative estimate of drug-likeness (QED) is 0.140. The molecule has 0 amide bonds. The molecule has 0 bridgehead atoms. The Morgan fingerprint density at radius 3 is 1.19 bits per heavy atom. The second-order valence-corrected chi connectivity index (χ2v) is 7.92. The summed E-state index contributed by atoms with van der Waals surface area (Å²) < 4.78 is 0. The van der Waals surface area contributed by atoms with Crippen LogP contribution in [0.1, 0.15) is 22.3 Å². The van der Waals surface area contributed by atoms with E-state index in [1.54, 1.807) is 36.4 Å². The van der Waals surface area contributed by atoms with Crippen molar-refractivity contribution in [2.75, 3.05) is 0 Å². The van der Waals surface area contributed by atoms with Crippen LogP contribution in [0.5, 0.6) is 11.5 Å². The van der Waals surface area contributed by atoms with E-state index < -0.39 is 0 Å². The van der Waals surface area contributed by atoms with Crippen molar-refractivity contribution in [3.63, 3.8) is 0 Å². The monoisotopic (exact) mass is 569 g/mol. The molecule has 0 saturated carbocycles. The molecule has 0 aromatic heterocycles. The van der Waals surface area contributed by atoms with Crippen molar-refractivity contribution < 1.29 is 27.0 Å². The van der Waals surface area contributed by atoms with E-state index in [-0.39, 0.29) is 28.3 Å². The Kier molecular flexibility index (Phi) is 12.7. The summed E-state index contributed by atoms with van der Waals surface area (Å²) in [6.07, 6.45) is 2.95. The molecular formula is C28H22CoN4O2S2. The van der Waals surface area contributed by atoms with Crippen LogP contribution >= 0.6 is 0 Å². The fraction of sp³-hybridized carbons (Fsp3) is 0. The molecule has 0 aliphatic heterocycles. The Balaban J connectivity index is 0.000000253. The van der Waals surface area contributed by atoms with Gasteiger partial charge in [0.1, 0.15) is 11.5 Å². The van der Waals surface area contributed by atoms with Crippen molar-refractivity contribution in [3.05, 3.63) is 131 Å². The van der Waals surface area contributed by atoms with Gasteiger partial charge >= 0.3 is 16.8 Å². The summed E-state index contributed by atoms with van der Waals surface area (Å²) in [6.45, 7) is 0. The van der Waals surface area contributed by atoms with Crippen LogP contribution in [-0.2, 0) is 42.0 Å². The minimum absolute atomic E-state index is 0. The summed E-state index contributed by atoms with van der Waals surface area (Å²) in [6, 6.07) is 32.7. The molecule has 4 aromatic rings. The second-order valence-electron chi connectivity index (χ2n) is 7.15. The molecule has 9 heteroatoms. The standard InChI is InChI=1S/2C14H12N2OS.Co/c2*17-13-9-5-4-8-12(13)10-15-16-14(18)11-6-2-1-3-7-11;/h2*1-10,17H,(H,16,18);/q;;+2/p-2/b2*15-10+;. The molecule has 0 unspecified atom stereocenters. The van der Waals surface area contributed by atoms with Crippen LogP contribution in [0.25, 0.3) is 0 Å². The van der Waals surface area contributed by atoms with Crippen molar-refractivity contribution >= 4 is 47.8 Å². The van der Waals surface area contributed by atoms with E-state index in [9.17, 15) is 10.2 Å². The maximum atomic E-state index is 9.53. The first kappa shape index (κ1) is 29.3. The smallest absolute Gasteiger partial charge is 0.758 e. The SMILES string of the molecule is Oc1ccccc1/C=N/N=C(\[S-])c1ccccc1.Oc1ccccc1/C=N/N=C(\[S-])c1ccccc1.[Co+2]. The van der Waals surface area contributed by atoms with Crippen molar-refractivity contribution in [3.8, 4) is 11.5 Å². The summed E-state index contributed by atoms with van der Waals surface area (Å²) in [4.78, 5) is 0. The fourth-order valence-corrected chi connectivity index (χ4v) is 3.12. The van der Waals surface area contributed by atoms with Crippen LogP contribution in [0.4, 0.5) is 0 Å². The van der Waals surface area contributed by atoms with Crippen LogP contribution in [-0.4, -0.2) is 32.7 Å². The topological polar surface area (TPSA) is 89.9 Å². The average Bonchev–Trinajstić information content (AvgIpc) is 2.92. The molecule has 6 nitrogen and oxygen atoms in total. The summed E-state index contributed by atoms with van der Waals surface area (Å²) in [5, 5.41) is 35.5. The minimum Gasteiger partial charge on any atom is -0.758 e. The van der Waals surface area contributed by atoms with Crippen LogP contribution in [0.2, 0.25) is 0 Å². The van der Waals surface area contributed by atoms with Crippen LogP contribution in [0.15, 0.2) is 130 Å². The average molecular weight is 570 g/mol. The molecule has 4 aromatic carbocycles. The number of rotatable bonds is 6. The fourth-order valence-electron chi connectivity index (χ4n) is 2.76. The first-order chi connectivity index (χ1) is 17.5. The minimum atomic E-state index is 0. The van der Waals surface area contributed by atoms with Crippen LogP contribution < -0.4 is 0 Å². The van der Waals surface area contributed by atoms with Gasteiger partial charge in [-0.1, -0.05) is 95.0 Å². The van der Waals surface area contributed by atoms with E-state index in [0.29, 0.717) is 21.2 Å². The summed E-state index contributed by atoms with van der Waals surface area (Å²) in [5.41, 5.74) is 2.91.